The van der Waals surface area contributed by atoms with Gasteiger partial charge in [-0.1, -0.05) is 6.42 Å². The van der Waals surface area contributed by atoms with Gasteiger partial charge in [0.25, 0.3) is 5.91 Å². The molecule has 0 aromatic heterocycles. The first-order valence-corrected chi connectivity index (χ1v) is 6.67. The molecule has 1 aromatic rings. The maximum absolute atomic E-state index is 13.3. The summed E-state index contributed by atoms with van der Waals surface area (Å²) in [5, 5.41) is 2.84. The van der Waals surface area contributed by atoms with Gasteiger partial charge >= 0.3 is 0 Å². The van der Waals surface area contributed by atoms with Crippen molar-refractivity contribution in [3.05, 3.63) is 29.8 Å². The maximum atomic E-state index is 13.3. The van der Waals surface area contributed by atoms with E-state index in [1.165, 1.54) is 0 Å². The summed E-state index contributed by atoms with van der Waals surface area (Å²) in [6.45, 7) is 0.245. The molecule has 0 saturated heterocycles. The van der Waals surface area contributed by atoms with Gasteiger partial charge in [0.05, 0.1) is 0 Å². The lowest BCUT2D eigenvalue weighted by molar-refractivity contribution is -0.124. The standard InChI is InChI=1S/C14H18F2N2O2.ClH/c15-10-4-5-13(11(16)6-10)20-8-14(19)18-12-3-1-2-9(12)7-17;/h4-6,9,12H,1-3,7-8,17H2,(H,18,19);1H. The summed E-state index contributed by atoms with van der Waals surface area (Å²) in [6, 6.07) is 3.02. The third-order valence-corrected chi connectivity index (χ3v) is 3.56. The van der Waals surface area contributed by atoms with Crippen LogP contribution in [0.4, 0.5) is 8.78 Å². The average molecular weight is 321 g/mol. The van der Waals surface area contributed by atoms with Crippen molar-refractivity contribution in [2.75, 3.05) is 13.2 Å². The molecule has 21 heavy (non-hydrogen) atoms. The van der Waals surface area contributed by atoms with Crippen molar-refractivity contribution < 1.29 is 18.3 Å². The number of hydrogen-bond donors (Lipinski definition) is 2. The van der Waals surface area contributed by atoms with E-state index in [-0.39, 0.29) is 36.7 Å². The van der Waals surface area contributed by atoms with Crippen LogP contribution >= 0.6 is 12.4 Å². The van der Waals surface area contributed by atoms with Crippen LogP contribution in [0.5, 0.6) is 5.75 Å². The molecule has 2 atom stereocenters. The van der Waals surface area contributed by atoms with E-state index in [1.54, 1.807) is 0 Å². The molecule has 0 spiro atoms. The normalized spacial score (nSPS) is 20.7. The van der Waals surface area contributed by atoms with Gasteiger partial charge in [-0.15, -0.1) is 12.4 Å². The fourth-order valence-electron chi connectivity index (χ4n) is 2.49. The van der Waals surface area contributed by atoms with Crippen LogP contribution in [0.3, 0.4) is 0 Å². The molecule has 118 valence electrons. The molecule has 4 nitrogen and oxygen atoms in total. The van der Waals surface area contributed by atoms with Crippen LogP contribution in [0.1, 0.15) is 19.3 Å². The zero-order chi connectivity index (χ0) is 14.5. The highest BCUT2D eigenvalue weighted by atomic mass is 35.5. The van der Waals surface area contributed by atoms with Crippen molar-refractivity contribution in [3.8, 4) is 5.75 Å². The molecular formula is C14H19ClF2N2O2. The van der Waals surface area contributed by atoms with Gasteiger partial charge in [-0.3, -0.25) is 4.79 Å². The molecule has 0 heterocycles. The summed E-state index contributed by atoms with van der Waals surface area (Å²) in [4.78, 5) is 11.7. The quantitative estimate of drug-likeness (QED) is 0.872. The zero-order valence-electron chi connectivity index (χ0n) is 11.5. The molecule has 0 radical (unpaired) electrons. The minimum atomic E-state index is -0.821. The van der Waals surface area contributed by atoms with Crippen LogP contribution in [-0.2, 0) is 4.79 Å². The Hall–Kier alpha value is -1.40. The summed E-state index contributed by atoms with van der Waals surface area (Å²) in [5.74, 6) is -1.67. The van der Waals surface area contributed by atoms with E-state index in [0.29, 0.717) is 18.5 Å². The lowest BCUT2D eigenvalue weighted by Gasteiger charge is -2.19. The summed E-state index contributed by atoms with van der Waals surface area (Å²) < 4.78 is 31.1. The predicted molar refractivity (Wildman–Crippen MR) is 77.4 cm³/mol. The second-order valence-electron chi connectivity index (χ2n) is 4.96. The Kier molecular flexibility index (Phi) is 6.84. The molecule has 1 saturated carbocycles. The number of nitrogens with two attached hydrogens (primary N) is 1. The Morgan fingerprint density at radius 3 is 2.81 bits per heavy atom. The highest BCUT2D eigenvalue weighted by Gasteiger charge is 2.27. The number of carbonyl (C=O) groups is 1. The van der Waals surface area contributed by atoms with Gasteiger partial charge in [-0.25, -0.2) is 8.78 Å². The van der Waals surface area contributed by atoms with Gasteiger partial charge in [0.2, 0.25) is 0 Å². The third-order valence-electron chi connectivity index (χ3n) is 3.56. The first-order chi connectivity index (χ1) is 9.60. The average Bonchev–Trinajstić information content (AvgIpc) is 2.85. The van der Waals surface area contributed by atoms with Crippen LogP contribution in [0, 0.1) is 17.6 Å². The Morgan fingerprint density at radius 1 is 1.38 bits per heavy atom. The highest BCUT2D eigenvalue weighted by molar-refractivity contribution is 5.85. The van der Waals surface area contributed by atoms with Gasteiger partial charge in [-0.05, 0) is 37.4 Å². The molecule has 1 aliphatic carbocycles. The molecule has 0 aliphatic heterocycles. The molecule has 1 fully saturated rings. The number of rotatable bonds is 5. The Labute approximate surface area is 128 Å². The summed E-state index contributed by atoms with van der Waals surface area (Å²) in [6.07, 6.45) is 2.95. The van der Waals surface area contributed by atoms with E-state index in [9.17, 15) is 13.6 Å². The second kappa shape index (κ2) is 8.14. The monoisotopic (exact) mass is 320 g/mol. The van der Waals surface area contributed by atoms with Gasteiger partial charge in [0.15, 0.2) is 18.2 Å². The van der Waals surface area contributed by atoms with E-state index in [4.69, 9.17) is 10.5 Å². The summed E-state index contributed by atoms with van der Waals surface area (Å²) in [5.41, 5.74) is 5.63. The Balaban J connectivity index is 0.00000220. The van der Waals surface area contributed by atoms with Gasteiger partial charge < -0.3 is 15.8 Å². The van der Waals surface area contributed by atoms with Crippen molar-refractivity contribution in [1.29, 1.82) is 0 Å². The van der Waals surface area contributed by atoms with E-state index in [1.807, 2.05) is 0 Å². The van der Waals surface area contributed by atoms with E-state index in [0.717, 1.165) is 31.4 Å². The Morgan fingerprint density at radius 2 is 2.14 bits per heavy atom. The fraction of sp³-hybridized carbons (Fsp3) is 0.500. The predicted octanol–water partition coefficient (Wildman–Crippen LogP) is 2.01. The maximum Gasteiger partial charge on any atom is 0.258 e. The molecule has 2 rings (SSSR count). The van der Waals surface area contributed by atoms with Crippen LogP contribution in [0.2, 0.25) is 0 Å². The van der Waals surface area contributed by atoms with Crippen molar-refractivity contribution in [1.82, 2.24) is 5.32 Å². The molecule has 1 aromatic carbocycles. The first kappa shape index (κ1) is 17.7. The molecule has 1 aliphatic rings. The van der Waals surface area contributed by atoms with Crippen molar-refractivity contribution in [2.45, 2.75) is 25.3 Å². The van der Waals surface area contributed by atoms with E-state index < -0.39 is 11.6 Å². The molecule has 2 unspecified atom stereocenters. The summed E-state index contributed by atoms with van der Waals surface area (Å²) in [7, 11) is 0. The van der Waals surface area contributed by atoms with Gasteiger partial charge in [0.1, 0.15) is 5.82 Å². The molecule has 7 heteroatoms. The molecular weight excluding hydrogens is 302 g/mol. The van der Waals surface area contributed by atoms with Crippen molar-refractivity contribution >= 4 is 18.3 Å². The minimum absolute atomic E-state index is 0. The van der Waals surface area contributed by atoms with E-state index in [2.05, 4.69) is 5.32 Å². The fourth-order valence-corrected chi connectivity index (χ4v) is 2.49. The molecule has 3 N–H and O–H groups in total. The number of halogens is 3. The number of carbonyl (C=O) groups excluding carboxylic acids is 1. The Bertz CT molecular complexity index is 488. The first-order valence-electron chi connectivity index (χ1n) is 6.67. The van der Waals surface area contributed by atoms with Crippen LogP contribution in [0.15, 0.2) is 18.2 Å². The second-order valence-corrected chi connectivity index (χ2v) is 4.96. The lowest BCUT2D eigenvalue weighted by atomic mass is 10.0. The number of benzene rings is 1. The van der Waals surface area contributed by atoms with Crippen LogP contribution in [-0.4, -0.2) is 25.1 Å². The topological polar surface area (TPSA) is 64.3 Å². The lowest BCUT2D eigenvalue weighted by Crippen LogP contribution is -2.42. The highest BCUT2D eigenvalue weighted by Crippen LogP contribution is 2.24. The molecule has 0 bridgehead atoms. The van der Waals surface area contributed by atoms with Crippen molar-refractivity contribution in [3.63, 3.8) is 0 Å². The largest absolute Gasteiger partial charge is 0.481 e. The number of nitrogens with one attached hydrogen (secondary N) is 1. The number of amides is 1. The molecule has 1 amide bonds. The van der Waals surface area contributed by atoms with Crippen LogP contribution in [0.25, 0.3) is 0 Å². The van der Waals surface area contributed by atoms with Gasteiger partial charge in [0, 0.05) is 12.1 Å². The smallest absolute Gasteiger partial charge is 0.258 e. The van der Waals surface area contributed by atoms with Gasteiger partial charge in [-0.2, -0.15) is 0 Å². The minimum Gasteiger partial charge on any atom is -0.481 e. The third kappa shape index (κ3) is 4.82. The number of ether oxygens (including phenoxy) is 1. The van der Waals surface area contributed by atoms with Crippen molar-refractivity contribution in [2.24, 2.45) is 11.7 Å². The number of hydrogen-bond acceptors (Lipinski definition) is 3. The SMILES string of the molecule is Cl.NCC1CCCC1NC(=O)COc1ccc(F)cc1F. The van der Waals surface area contributed by atoms with Crippen LogP contribution < -0.4 is 15.8 Å². The zero-order valence-corrected chi connectivity index (χ0v) is 12.3. The van der Waals surface area contributed by atoms with E-state index >= 15 is 0 Å². The summed E-state index contributed by atoms with van der Waals surface area (Å²) >= 11 is 0.